The zero-order valence-corrected chi connectivity index (χ0v) is 13.5. The third kappa shape index (κ3) is 3.99. The lowest BCUT2D eigenvalue weighted by atomic mass is 10.1. The Morgan fingerprint density at radius 2 is 2.00 bits per heavy atom. The molecule has 1 unspecified atom stereocenters. The Bertz CT molecular complexity index is 565. The minimum absolute atomic E-state index is 0.195. The second-order valence-corrected chi connectivity index (χ2v) is 5.28. The maximum Gasteiger partial charge on any atom is 0.119 e. The lowest BCUT2D eigenvalue weighted by Crippen LogP contribution is -2.26. The molecule has 4 nitrogen and oxygen atoms in total. The summed E-state index contributed by atoms with van der Waals surface area (Å²) in [6, 6.07) is 8.40. The normalized spacial score (nSPS) is 12.4. The molecule has 21 heavy (non-hydrogen) atoms. The summed E-state index contributed by atoms with van der Waals surface area (Å²) in [6.07, 6.45) is 1.69. The Kier molecular flexibility index (Phi) is 5.65. The number of ether oxygens (including phenoxy) is 1. The second kappa shape index (κ2) is 7.48. The second-order valence-electron chi connectivity index (χ2n) is 4.87. The number of rotatable bonds is 7. The van der Waals surface area contributed by atoms with Gasteiger partial charge in [-0.15, -0.1) is 0 Å². The summed E-state index contributed by atoms with van der Waals surface area (Å²) in [5.41, 5.74) is 2.21. The van der Waals surface area contributed by atoms with Crippen molar-refractivity contribution in [2.75, 3.05) is 13.2 Å². The molecule has 0 saturated heterocycles. The summed E-state index contributed by atoms with van der Waals surface area (Å²) >= 11 is 6.07. The van der Waals surface area contributed by atoms with E-state index in [2.05, 4.69) is 29.5 Å². The Labute approximate surface area is 131 Å². The lowest BCUT2D eigenvalue weighted by molar-refractivity contribution is 0.340. The standard InChI is InChI=1S/C16H22ClN3O/c1-4-18-16(11-20-12(3)15(17)10-19-20)13-6-8-14(9-7-13)21-5-2/h6-10,16,18H,4-5,11H2,1-3H3. The number of hydrogen-bond acceptors (Lipinski definition) is 3. The topological polar surface area (TPSA) is 39.1 Å². The van der Waals surface area contributed by atoms with E-state index in [0.717, 1.165) is 24.5 Å². The van der Waals surface area contributed by atoms with E-state index >= 15 is 0 Å². The van der Waals surface area contributed by atoms with Gasteiger partial charge in [0.05, 0.1) is 36.1 Å². The SMILES string of the molecule is CCNC(Cn1ncc(Cl)c1C)c1ccc(OCC)cc1. The quantitative estimate of drug-likeness (QED) is 0.849. The fourth-order valence-corrected chi connectivity index (χ4v) is 2.42. The van der Waals surface area contributed by atoms with E-state index in [1.54, 1.807) is 6.20 Å². The van der Waals surface area contributed by atoms with E-state index in [1.807, 2.05) is 30.7 Å². The number of aromatic nitrogens is 2. The van der Waals surface area contributed by atoms with E-state index in [4.69, 9.17) is 16.3 Å². The van der Waals surface area contributed by atoms with Gasteiger partial charge in [-0.1, -0.05) is 30.7 Å². The van der Waals surface area contributed by atoms with E-state index in [1.165, 1.54) is 5.56 Å². The minimum Gasteiger partial charge on any atom is -0.494 e. The molecule has 1 atom stereocenters. The zero-order valence-electron chi connectivity index (χ0n) is 12.8. The minimum atomic E-state index is 0.195. The van der Waals surface area contributed by atoms with Crippen LogP contribution in [0.4, 0.5) is 0 Å². The Morgan fingerprint density at radius 1 is 1.29 bits per heavy atom. The molecule has 0 radical (unpaired) electrons. The summed E-state index contributed by atoms with van der Waals surface area (Å²) in [4.78, 5) is 0. The molecule has 0 fully saturated rings. The van der Waals surface area contributed by atoms with Crippen molar-refractivity contribution in [3.8, 4) is 5.75 Å². The van der Waals surface area contributed by atoms with Gasteiger partial charge < -0.3 is 10.1 Å². The van der Waals surface area contributed by atoms with Gasteiger partial charge in [-0.2, -0.15) is 5.10 Å². The maximum atomic E-state index is 6.07. The van der Waals surface area contributed by atoms with E-state index in [-0.39, 0.29) is 6.04 Å². The van der Waals surface area contributed by atoms with Crippen LogP contribution in [0.5, 0.6) is 5.75 Å². The van der Waals surface area contributed by atoms with Crippen LogP contribution >= 0.6 is 11.6 Å². The third-order valence-corrected chi connectivity index (χ3v) is 3.81. The first-order chi connectivity index (χ1) is 10.2. The molecule has 2 rings (SSSR count). The molecule has 0 spiro atoms. The molecule has 5 heteroatoms. The number of nitrogens with zero attached hydrogens (tertiary/aromatic N) is 2. The monoisotopic (exact) mass is 307 g/mol. The molecule has 0 bridgehead atoms. The van der Waals surface area contributed by atoms with Crippen LogP contribution in [0, 0.1) is 6.92 Å². The smallest absolute Gasteiger partial charge is 0.119 e. The third-order valence-electron chi connectivity index (χ3n) is 3.44. The highest BCUT2D eigenvalue weighted by Gasteiger charge is 2.14. The van der Waals surface area contributed by atoms with Crippen molar-refractivity contribution in [2.24, 2.45) is 0 Å². The number of hydrogen-bond donors (Lipinski definition) is 1. The van der Waals surface area contributed by atoms with Gasteiger partial charge in [0.2, 0.25) is 0 Å². The largest absolute Gasteiger partial charge is 0.494 e. The van der Waals surface area contributed by atoms with Gasteiger partial charge in [0.1, 0.15) is 5.75 Å². The first kappa shape index (κ1) is 15.9. The van der Waals surface area contributed by atoms with E-state index in [9.17, 15) is 0 Å². The van der Waals surface area contributed by atoms with E-state index in [0.29, 0.717) is 11.6 Å². The summed E-state index contributed by atoms with van der Waals surface area (Å²) in [6.45, 7) is 8.40. The number of halogens is 1. The van der Waals surface area contributed by atoms with Gasteiger partial charge in [0.25, 0.3) is 0 Å². The molecule has 1 aromatic carbocycles. The summed E-state index contributed by atoms with van der Waals surface area (Å²) in [5.74, 6) is 0.898. The van der Waals surface area contributed by atoms with Crippen LogP contribution in [0.25, 0.3) is 0 Å². The van der Waals surface area contributed by atoms with Gasteiger partial charge in [0, 0.05) is 0 Å². The maximum absolute atomic E-state index is 6.07. The molecular weight excluding hydrogens is 286 g/mol. The fourth-order valence-electron chi connectivity index (χ4n) is 2.28. The van der Waals surface area contributed by atoms with Gasteiger partial charge in [0.15, 0.2) is 0 Å². The molecule has 0 aliphatic heterocycles. The molecule has 114 valence electrons. The highest BCUT2D eigenvalue weighted by atomic mass is 35.5. The van der Waals surface area contributed by atoms with Crippen molar-refractivity contribution in [3.63, 3.8) is 0 Å². The Morgan fingerprint density at radius 3 is 2.52 bits per heavy atom. The van der Waals surface area contributed by atoms with Crippen LogP contribution in [0.15, 0.2) is 30.5 Å². The Hall–Kier alpha value is -1.52. The van der Waals surface area contributed by atoms with Gasteiger partial charge >= 0.3 is 0 Å². The van der Waals surface area contributed by atoms with Crippen LogP contribution < -0.4 is 10.1 Å². The summed E-state index contributed by atoms with van der Waals surface area (Å²) < 4.78 is 7.42. The van der Waals surface area contributed by atoms with Crippen molar-refractivity contribution < 1.29 is 4.74 Å². The van der Waals surface area contributed by atoms with E-state index < -0.39 is 0 Å². The predicted octanol–water partition coefficient (Wildman–Crippen LogP) is 3.59. The van der Waals surface area contributed by atoms with Crippen molar-refractivity contribution in [3.05, 3.63) is 46.7 Å². The molecule has 1 N–H and O–H groups in total. The molecule has 0 amide bonds. The average Bonchev–Trinajstić information content (AvgIpc) is 2.80. The zero-order chi connectivity index (χ0) is 15.2. The van der Waals surface area contributed by atoms with Crippen LogP contribution in [0.2, 0.25) is 5.02 Å². The summed E-state index contributed by atoms with van der Waals surface area (Å²) in [7, 11) is 0. The van der Waals surface area contributed by atoms with Crippen molar-refractivity contribution in [2.45, 2.75) is 33.4 Å². The molecule has 0 aliphatic carbocycles. The predicted molar refractivity (Wildman–Crippen MR) is 86.0 cm³/mol. The first-order valence-corrected chi connectivity index (χ1v) is 7.67. The molecule has 2 aromatic rings. The van der Waals surface area contributed by atoms with Crippen LogP contribution in [-0.4, -0.2) is 22.9 Å². The lowest BCUT2D eigenvalue weighted by Gasteiger charge is -2.19. The average molecular weight is 308 g/mol. The van der Waals surface area contributed by atoms with Crippen molar-refractivity contribution in [1.82, 2.24) is 15.1 Å². The molecule has 0 saturated carbocycles. The number of likely N-dealkylation sites (N-methyl/N-ethyl adjacent to an activating group) is 1. The highest BCUT2D eigenvalue weighted by Crippen LogP contribution is 2.21. The van der Waals surface area contributed by atoms with Crippen molar-refractivity contribution in [1.29, 1.82) is 0 Å². The fraction of sp³-hybridized carbons (Fsp3) is 0.438. The van der Waals surface area contributed by atoms with Gasteiger partial charge in [-0.05, 0) is 38.1 Å². The van der Waals surface area contributed by atoms with Crippen LogP contribution in [0.3, 0.4) is 0 Å². The van der Waals surface area contributed by atoms with Gasteiger partial charge in [-0.25, -0.2) is 0 Å². The van der Waals surface area contributed by atoms with Gasteiger partial charge in [-0.3, -0.25) is 4.68 Å². The molecule has 1 aromatic heterocycles. The molecule has 1 heterocycles. The first-order valence-electron chi connectivity index (χ1n) is 7.29. The van der Waals surface area contributed by atoms with Crippen LogP contribution in [0.1, 0.15) is 31.1 Å². The van der Waals surface area contributed by atoms with Crippen molar-refractivity contribution >= 4 is 11.6 Å². The highest BCUT2D eigenvalue weighted by molar-refractivity contribution is 6.31. The Balaban J connectivity index is 2.16. The molecule has 0 aliphatic rings. The summed E-state index contributed by atoms with van der Waals surface area (Å²) in [5, 5.41) is 8.53. The van der Waals surface area contributed by atoms with Crippen LogP contribution in [-0.2, 0) is 6.54 Å². The number of nitrogens with one attached hydrogen (secondary N) is 1. The number of benzene rings is 1. The molecular formula is C16H22ClN3O.